The largest absolute Gasteiger partial charge is 0.481 e. The van der Waals surface area contributed by atoms with Gasteiger partial charge in [-0.1, -0.05) is 20.8 Å². The minimum absolute atomic E-state index is 0.00206. The van der Waals surface area contributed by atoms with E-state index in [9.17, 15) is 9.59 Å². The number of aliphatic carboxylic acids is 1. The fourth-order valence-electron chi connectivity index (χ4n) is 2.58. The molecule has 1 aliphatic heterocycles. The Morgan fingerprint density at radius 2 is 1.86 bits per heavy atom. The summed E-state index contributed by atoms with van der Waals surface area (Å²) >= 11 is 1.75. The first-order valence-electron chi connectivity index (χ1n) is 7.17. The maximum absolute atomic E-state index is 12.4. The third-order valence-electron chi connectivity index (χ3n) is 3.69. The van der Waals surface area contributed by atoms with Crippen LogP contribution in [0.1, 0.15) is 31.1 Å². The fourth-order valence-corrected chi connectivity index (χ4v) is 3.42. The number of nitrogens with zero attached hydrogens (tertiary/aromatic N) is 1. The zero-order valence-corrected chi connectivity index (χ0v) is 13.4. The highest BCUT2D eigenvalue weighted by atomic mass is 32.2. The number of carbonyl (C=O) groups is 2. The molecule has 1 heterocycles. The lowest BCUT2D eigenvalue weighted by Crippen LogP contribution is -2.29. The first-order chi connectivity index (χ1) is 9.88. The van der Waals surface area contributed by atoms with Gasteiger partial charge in [0.1, 0.15) is 0 Å². The van der Waals surface area contributed by atoms with Crippen LogP contribution in [0.5, 0.6) is 0 Å². The summed E-state index contributed by atoms with van der Waals surface area (Å²) in [5.41, 5.74) is 0.626. The molecule has 2 rings (SSSR count). The van der Waals surface area contributed by atoms with E-state index in [4.69, 9.17) is 5.11 Å². The normalized spacial score (nSPS) is 21.8. The second kappa shape index (κ2) is 6.52. The quantitative estimate of drug-likeness (QED) is 0.869. The molecule has 0 aliphatic carbocycles. The zero-order valence-electron chi connectivity index (χ0n) is 12.6. The number of rotatable bonds is 4. The van der Waals surface area contributed by atoms with Crippen LogP contribution >= 0.6 is 11.8 Å². The predicted molar refractivity (Wildman–Crippen MR) is 83.6 cm³/mol. The van der Waals surface area contributed by atoms with E-state index in [2.05, 4.69) is 13.8 Å². The lowest BCUT2D eigenvalue weighted by Gasteiger charge is -2.16. The van der Waals surface area contributed by atoms with Crippen molar-refractivity contribution >= 4 is 23.6 Å². The molecule has 0 unspecified atom stereocenters. The topological polar surface area (TPSA) is 57.6 Å². The Morgan fingerprint density at radius 1 is 1.24 bits per heavy atom. The van der Waals surface area contributed by atoms with Crippen LogP contribution < -0.4 is 0 Å². The van der Waals surface area contributed by atoms with Crippen LogP contribution in [-0.4, -0.2) is 40.2 Å². The molecule has 0 saturated carbocycles. The van der Waals surface area contributed by atoms with Gasteiger partial charge < -0.3 is 10.0 Å². The molecule has 4 nitrogen and oxygen atoms in total. The molecular formula is C16H21NO3S. The van der Waals surface area contributed by atoms with Gasteiger partial charge in [-0.2, -0.15) is 0 Å². The van der Waals surface area contributed by atoms with E-state index in [0.717, 1.165) is 4.90 Å². The standard InChI is InChI=1S/C16H21NO3S/c1-10(2)21-13-6-4-12(5-7-13)15(18)17-8-11(3)14(9-17)16(19)20/h4-7,10-11,14H,8-9H2,1-3H3,(H,19,20)/t11-,14-/m1/s1. The van der Waals surface area contributed by atoms with Crippen LogP contribution in [-0.2, 0) is 4.79 Å². The van der Waals surface area contributed by atoms with Gasteiger partial charge in [-0.25, -0.2) is 0 Å². The fraction of sp³-hybridized carbons (Fsp3) is 0.500. The first kappa shape index (κ1) is 15.9. The van der Waals surface area contributed by atoms with Crippen molar-refractivity contribution in [3.8, 4) is 0 Å². The van der Waals surface area contributed by atoms with Crippen molar-refractivity contribution < 1.29 is 14.7 Å². The number of amides is 1. The highest BCUT2D eigenvalue weighted by molar-refractivity contribution is 7.99. The van der Waals surface area contributed by atoms with Crippen LogP contribution in [0.2, 0.25) is 0 Å². The summed E-state index contributed by atoms with van der Waals surface area (Å²) < 4.78 is 0. The number of carboxylic acid groups (broad SMARTS) is 1. The molecule has 1 aliphatic rings. The lowest BCUT2D eigenvalue weighted by atomic mass is 9.99. The van der Waals surface area contributed by atoms with Crippen LogP contribution in [0, 0.1) is 11.8 Å². The van der Waals surface area contributed by atoms with Crippen LogP contribution in [0.25, 0.3) is 0 Å². The van der Waals surface area contributed by atoms with E-state index in [1.54, 1.807) is 16.7 Å². The van der Waals surface area contributed by atoms with Crippen LogP contribution in [0.15, 0.2) is 29.2 Å². The smallest absolute Gasteiger partial charge is 0.308 e. The van der Waals surface area contributed by atoms with Crippen molar-refractivity contribution in [2.45, 2.75) is 30.9 Å². The second-order valence-electron chi connectivity index (χ2n) is 5.82. The number of carbonyl (C=O) groups excluding carboxylic acids is 1. The Labute approximate surface area is 129 Å². The highest BCUT2D eigenvalue weighted by Crippen LogP contribution is 2.26. The summed E-state index contributed by atoms with van der Waals surface area (Å²) in [4.78, 5) is 26.3. The van der Waals surface area contributed by atoms with Gasteiger partial charge >= 0.3 is 5.97 Å². The number of thioether (sulfide) groups is 1. The third kappa shape index (κ3) is 3.79. The van der Waals surface area contributed by atoms with E-state index in [1.807, 2.05) is 31.2 Å². The van der Waals surface area contributed by atoms with E-state index < -0.39 is 11.9 Å². The van der Waals surface area contributed by atoms with Gasteiger partial charge in [-0.3, -0.25) is 9.59 Å². The molecule has 1 N–H and O–H groups in total. The predicted octanol–water partition coefficient (Wildman–Crippen LogP) is 2.98. The Hall–Kier alpha value is -1.49. The van der Waals surface area contributed by atoms with Gasteiger partial charge in [0.2, 0.25) is 0 Å². The molecule has 0 spiro atoms. The molecule has 21 heavy (non-hydrogen) atoms. The Kier molecular flexibility index (Phi) is 4.93. The summed E-state index contributed by atoms with van der Waals surface area (Å²) in [5.74, 6) is -1.35. The Morgan fingerprint density at radius 3 is 2.33 bits per heavy atom. The van der Waals surface area contributed by atoms with E-state index >= 15 is 0 Å². The molecule has 1 fully saturated rings. The number of benzene rings is 1. The van der Waals surface area contributed by atoms with Crippen molar-refractivity contribution in [3.63, 3.8) is 0 Å². The minimum Gasteiger partial charge on any atom is -0.481 e. The maximum Gasteiger partial charge on any atom is 0.308 e. The lowest BCUT2D eigenvalue weighted by molar-refractivity contribution is -0.142. The van der Waals surface area contributed by atoms with Gasteiger partial charge in [0.15, 0.2) is 0 Å². The van der Waals surface area contributed by atoms with Crippen molar-refractivity contribution in [1.29, 1.82) is 0 Å². The molecule has 1 aromatic carbocycles. The molecule has 1 aromatic rings. The number of likely N-dealkylation sites (tertiary alicyclic amines) is 1. The third-order valence-corrected chi connectivity index (χ3v) is 4.71. The van der Waals surface area contributed by atoms with E-state index in [-0.39, 0.29) is 11.8 Å². The maximum atomic E-state index is 12.4. The molecule has 0 bridgehead atoms. The summed E-state index contributed by atoms with van der Waals surface area (Å²) in [6.45, 7) is 6.95. The first-order valence-corrected chi connectivity index (χ1v) is 8.05. The molecule has 0 aromatic heterocycles. The van der Waals surface area contributed by atoms with Crippen LogP contribution in [0.4, 0.5) is 0 Å². The summed E-state index contributed by atoms with van der Waals surface area (Å²) in [7, 11) is 0. The summed E-state index contributed by atoms with van der Waals surface area (Å²) in [5, 5.41) is 9.64. The Balaban J connectivity index is 2.05. The second-order valence-corrected chi connectivity index (χ2v) is 7.47. The van der Waals surface area contributed by atoms with Gasteiger partial charge in [0.05, 0.1) is 5.92 Å². The number of hydrogen-bond acceptors (Lipinski definition) is 3. The van der Waals surface area contributed by atoms with Crippen molar-refractivity contribution in [2.75, 3.05) is 13.1 Å². The average Bonchev–Trinajstić information content (AvgIpc) is 2.80. The molecule has 114 valence electrons. The summed E-state index contributed by atoms with van der Waals surface area (Å²) in [6.07, 6.45) is 0. The van der Waals surface area contributed by atoms with Crippen LogP contribution in [0.3, 0.4) is 0 Å². The Bertz CT molecular complexity index is 527. The molecule has 1 amide bonds. The molecule has 1 saturated heterocycles. The van der Waals surface area contributed by atoms with Crippen molar-refractivity contribution in [1.82, 2.24) is 4.90 Å². The average molecular weight is 307 g/mol. The van der Waals surface area contributed by atoms with Gasteiger partial charge in [0, 0.05) is 28.8 Å². The van der Waals surface area contributed by atoms with E-state index in [0.29, 0.717) is 23.9 Å². The van der Waals surface area contributed by atoms with Crippen molar-refractivity contribution in [3.05, 3.63) is 29.8 Å². The van der Waals surface area contributed by atoms with E-state index in [1.165, 1.54) is 0 Å². The SMILES string of the molecule is CC(C)Sc1ccc(C(=O)N2C[C@@H](C)[C@H](C(=O)O)C2)cc1. The van der Waals surface area contributed by atoms with Gasteiger partial charge in [-0.15, -0.1) is 11.8 Å². The molecule has 0 radical (unpaired) electrons. The van der Waals surface area contributed by atoms with Crippen molar-refractivity contribution in [2.24, 2.45) is 11.8 Å². The molecule has 2 atom stereocenters. The zero-order chi connectivity index (χ0) is 15.6. The van der Waals surface area contributed by atoms with Gasteiger partial charge in [-0.05, 0) is 30.2 Å². The highest BCUT2D eigenvalue weighted by Gasteiger charge is 2.37. The molecular weight excluding hydrogens is 286 g/mol. The minimum atomic E-state index is -0.818. The number of carboxylic acids is 1. The van der Waals surface area contributed by atoms with Gasteiger partial charge in [0.25, 0.3) is 5.91 Å². The summed E-state index contributed by atoms with van der Waals surface area (Å²) in [6, 6.07) is 7.55. The number of hydrogen-bond donors (Lipinski definition) is 1. The monoisotopic (exact) mass is 307 g/mol. The molecule has 5 heteroatoms.